The van der Waals surface area contributed by atoms with E-state index in [0.717, 1.165) is 36.6 Å². The summed E-state index contributed by atoms with van der Waals surface area (Å²) in [5, 5.41) is 14.8. The SMILES string of the molecule is CN=C(NCc1nnc(C)n1C)NCC1(c2cccc(F)c2)CC1. The Morgan fingerprint density at radius 2 is 2.12 bits per heavy atom. The first-order valence-electron chi connectivity index (χ1n) is 8.09. The van der Waals surface area contributed by atoms with Gasteiger partial charge in [0.1, 0.15) is 11.6 Å². The van der Waals surface area contributed by atoms with Crippen molar-refractivity contribution in [2.45, 2.75) is 31.7 Å². The number of aromatic nitrogens is 3. The Hall–Kier alpha value is -2.44. The van der Waals surface area contributed by atoms with Crippen LogP contribution in [0.1, 0.15) is 30.1 Å². The van der Waals surface area contributed by atoms with Crippen molar-refractivity contribution in [3.63, 3.8) is 0 Å². The van der Waals surface area contributed by atoms with Crippen LogP contribution in [0.3, 0.4) is 0 Å². The molecule has 0 unspecified atom stereocenters. The van der Waals surface area contributed by atoms with Gasteiger partial charge in [-0.1, -0.05) is 12.1 Å². The number of nitrogens with zero attached hydrogens (tertiary/aromatic N) is 4. The van der Waals surface area contributed by atoms with Crippen LogP contribution in [0.15, 0.2) is 29.3 Å². The Kier molecular flexibility index (Phi) is 4.51. The molecule has 128 valence electrons. The molecular formula is C17H23FN6. The van der Waals surface area contributed by atoms with Gasteiger partial charge in [0.25, 0.3) is 0 Å². The van der Waals surface area contributed by atoms with E-state index in [1.807, 2.05) is 24.6 Å². The van der Waals surface area contributed by atoms with E-state index in [1.165, 1.54) is 6.07 Å². The number of rotatable bonds is 5. The summed E-state index contributed by atoms with van der Waals surface area (Å²) >= 11 is 0. The van der Waals surface area contributed by atoms with Crippen molar-refractivity contribution >= 4 is 5.96 Å². The predicted molar refractivity (Wildman–Crippen MR) is 91.3 cm³/mol. The van der Waals surface area contributed by atoms with Crippen molar-refractivity contribution in [2.24, 2.45) is 12.0 Å². The fourth-order valence-corrected chi connectivity index (χ4v) is 2.78. The Labute approximate surface area is 141 Å². The maximum absolute atomic E-state index is 13.5. The molecular weight excluding hydrogens is 307 g/mol. The Morgan fingerprint density at radius 1 is 1.33 bits per heavy atom. The zero-order valence-electron chi connectivity index (χ0n) is 14.3. The molecule has 0 saturated heterocycles. The molecule has 0 atom stereocenters. The first-order chi connectivity index (χ1) is 11.5. The Morgan fingerprint density at radius 3 is 2.71 bits per heavy atom. The number of hydrogen-bond donors (Lipinski definition) is 2. The van der Waals surface area contributed by atoms with E-state index in [0.29, 0.717) is 12.5 Å². The lowest BCUT2D eigenvalue weighted by Gasteiger charge is -2.19. The van der Waals surface area contributed by atoms with Gasteiger partial charge in [0.15, 0.2) is 11.8 Å². The van der Waals surface area contributed by atoms with E-state index in [9.17, 15) is 4.39 Å². The monoisotopic (exact) mass is 330 g/mol. The molecule has 1 aliphatic rings. The smallest absolute Gasteiger partial charge is 0.191 e. The number of aryl methyl sites for hydroxylation is 1. The van der Waals surface area contributed by atoms with Crippen molar-refractivity contribution in [2.75, 3.05) is 13.6 Å². The summed E-state index contributed by atoms with van der Waals surface area (Å²) in [7, 11) is 3.67. The quantitative estimate of drug-likeness (QED) is 0.646. The first kappa shape index (κ1) is 16.4. The van der Waals surface area contributed by atoms with Gasteiger partial charge >= 0.3 is 0 Å². The van der Waals surface area contributed by atoms with Crippen LogP contribution in [-0.2, 0) is 19.0 Å². The fourth-order valence-electron chi connectivity index (χ4n) is 2.78. The molecule has 1 aliphatic carbocycles. The number of halogens is 1. The van der Waals surface area contributed by atoms with Crippen molar-refractivity contribution in [1.29, 1.82) is 0 Å². The van der Waals surface area contributed by atoms with Crippen molar-refractivity contribution < 1.29 is 4.39 Å². The van der Waals surface area contributed by atoms with E-state index in [2.05, 4.69) is 25.8 Å². The van der Waals surface area contributed by atoms with Gasteiger partial charge < -0.3 is 15.2 Å². The van der Waals surface area contributed by atoms with Crippen molar-refractivity contribution in [3.8, 4) is 0 Å². The van der Waals surface area contributed by atoms with Crippen molar-refractivity contribution in [1.82, 2.24) is 25.4 Å². The molecule has 0 aliphatic heterocycles. The lowest BCUT2D eigenvalue weighted by atomic mass is 9.96. The standard InChI is InChI=1S/C17H23FN6/c1-12-22-23-15(24(12)3)10-20-16(19-2)21-11-17(7-8-17)13-5-4-6-14(18)9-13/h4-6,9H,7-8,10-11H2,1-3H3,(H2,19,20,21). The van der Waals surface area contributed by atoms with Crippen LogP contribution >= 0.6 is 0 Å². The zero-order chi connectivity index (χ0) is 17.2. The molecule has 0 spiro atoms. The third kappa shape index (κ3) is 3.39. The predicted octanol–water partition coefficient (Wildman–Crippen LogP) is 1.66. The molecule has 3 rings (SSSR count). The van der Waals surface area contributed by atoms with E-state index in [1.54, 1.807) is 19.2 Å². The molecule has 2 aromatic rings. The lowest BCUT2D eigenvalue weighted by Crippen LogP contribution is -2.41. The lowest BCUT2D eigenvalue weighted by molar-refractivity contribution is 0.606. The van der Waals surface area contributed by atoms with Crippen LogP contribution in [0, 0.1) is 12.7 Å². The van der Waals surface area contributed by atoms with Gasteiger partial charge in [0.2, 0.25) is 0 Å². The molecule has 1 saturated carbocycles. The number of benzene rings is 1. The van der Waals surface area contributed by atoms with E-state index < -0.39 is 0 Å². The number of guanidine groups is 1. The van der Waals surface area contributed by atoms with Gasteiger partial charge in [-0.3, -0.25) is 4.99 Å². The summed E-state index contributed by atoms with van der Waals surface area (Å²) in [4.78, 5) is 4.24. The summed E-state index contributed by atoms with van der Waals surface area (Å²) < 4.78 is 15.4. The second-order valence-corrected chi connectivity index (χ2v) is 6.29. The highest BCUT2D eigenvalue weighted by molar-refractivity contribution is 5.79. The van der Waals surface area contributed by atoms with Crippen LogP contribution in [0.5, 0.6) is 0 Å². The van der Waals surface area contributed by atoms with Gasteiger partial charge in [-0.2, -0.15) is 0 Å². The first-order valence-corrected chi connectivity index (χ1v) is 8.09. The van der Waals surface area contributed by atoms with Crippen molar-refractivity contribution in [3.05, 3.63) is 47.3 Å². The van der Waals surface area contributed by atoms with E-state index in [-0.39, 0.29) is 11.2 Å². The molecule has 1 aromatic heterocycles. The van der Waals surface area contributed by atoms with Gasteiger partial charge in [0, 0.05) is 26.1 Å². The second kappa shape index (κ2) is 6.59. The minimum Gasteiger partial charge on any atom is -0.356 e. The molecule has 0 amide bonds. The highest BCUT2D eigenvalue weighted by Crippen LogP contribution is 2.47. The maximum Gasteiger partial charge on any atom is 0.191 e. The average molecular weight is 330 g/mol. The molecule has 1 fully saturated rings. The summed E-state index contributed by atoms with van der Waals surface area (Å²) in [6, 6.07) is 6.88. The van der Waals surface area contributed by atoms with Gasteiger partial charge in [-0.05, 0) is 37.5 Å². The van der Waals surface area contributed by atoms with Gasteiger partial charge in [-0.15, -0.1) is 10.2 Å². The molecule has 7 heteroatoms. The summed E-state index contributed by atoms with van der Waals surface area (Å²) in [6.07, 6.45) is 2.12. The van der Waals surface area contributed by atoms with Crippen LogP contribution < -0.4 is 10.6 Å². The van der Waals surface area contributed by atoms with Gasteiger partial charge in [0.05, 0.1) is 6.54 Å². The van der Waals surface area contributed by atoms with Gasteiger partial charge in [-0.25, -0.2) is 4.39 Å². The van der Waals surface area contributed by atoms with Crippen LogP contribution in [0.2, 0.25) is 0 Å². The fraction of sp³-hybridized carbons (Fsp3) is 0.471. The van der Waals surface area contributed by atoms with E-state index >= 15 is 0 Å². The minimum atomic E-state index is -0.182. The topological polar surface area (TPSA) is 67.1 Å². The third-order valence-corrected chi connectivity index (χ3v) is 4.71. The zero-order valence-corrected chi connectivity index (χ0v) is 14.3. The molecule has 0 bridgehead atoms. The summed E-state index contributed by atoms with van der Waals surface area (Å²) in [5.74, 6) is 2.25. The highest BCUT2D eigenvalue weighted by Gasteiger charge is 2.44. The Bertz CT molecular complexity index is 747. The largest absolute Gasteiger partial charge is 0.356 e. The minimum absolute atomic E-state index is 0.0150. The third-order valence-electron chi connectivity index (χ3n) is 4.71. The molecule has 24 heavy (non-hydrogen) atoms. The molecule has 1 aromatic carbocycles. The molecule has 1 heterocycles. The molecule has 2 N–H and O–H groups in total. The van der Waals surface area contributed by atoms with E-state index in [4.69, 9.17) is 0 Å². The highest BCUT2D eigenvalue weighted by atomic mass is 19.1. The maximum atomic E-state index is 13.5. The van der Waals surface area contributed by atoms with Crippen LogP contribution in [0.25, 0.3) is 0 Å². The average Bonchev–Trinajstić information content (AvgIpc) is 3.31. The molecule has 6 nitrogen and oxygen atoms in total. The Balaban J connectivity index is 1.57. The summed E-state index contributed by atoms with van der Waals surface area (Å²) in [6.45, 7) is 3.19. The summed E-state index contributed by atoms with van der Waals surface area (Å²) in [5.41, 5.74) is 1.07. The van der Waals surface area contributed by atoms with Crippen LogP contribution in [0.4, 0.5) is 4.39 Å². The normalized spacial score (nSPS) is 16.1. The number of hydrogen-bond acceptors (Lipinski definition) is 3. The second-order valence-electron chi connectivity index (χ2n) is 6.29. The van der Waals surface area contributed by atoms with Crippen LogP contribution in [-0.4, -0.2) is 34.3 Å². The number of nitrogens with one attached hydrogen (secondary N) is 2. The number of aliphatic imine (C=N–C) groups is 1. The molecule has 0 radical (unpaired) electrons.